The van der Waals surface area contributed by atoms with E-state index in [1.807, 2.05) is 0 Å². The van der Waals surface area contributed by atoms with Crippen LogP contribution in [-0.4, -0.2) is 12.6 Å². The van der Waals surface area contributed by atoms with E-state index in [0.717, 1.165) is 12.3 Å². The molecule has 2 rings (SSSR count). The van der Waals surface area contributed by atoms with Crippen LogP contribution >= 0.6 is 0 Å². The third kappa shape index (κ3) is 0.825. The summed E-state index contributed by atoms with van der Waals surface area (Å²) in [6.07, 6.45) is 5.35. The first-order valence-corrected chi connectivity index (χ1v) is 3.99. The van der Waals surface area contributed by atoms with Gasteiger partial charge in [0, 0.05) is 0 Å². The van der Waals surface area contributed by atoms with Gasteiger partial charge in [-0.05, 0) is 37.5 Å². The third-order valence-electron chi connectivity index (χ3n) is 2.90. The summed E-state index contributed by atoms with van der Waals surface area (Å²) in [4.78, 5) is 10.0. The van der Waals surface area contributed by atoms with Crippen LogP contribution in [0.5, 0.6) is 0 Å². The highest BCUT2D eigenvalue weighted by Gasteiger charge is 2.40. The van der Waals surface area contributed by atoms with E-state index in [-0.39, 0.29) is 6.10 Å². The van der Waals surface area contributed by atoms with Crippen molar-refractivity contribution in [3.05, 3.63) is 0 Å². The average Bonchev–Trinajstić information content (AvgIpc) is 2.48. The van der Waals surface area contributed by atoms with Gasteiger partial charge in [-0.1, -0.05) is 0 Å². The lowest BCUT2D eigenvalue weighted by Gasteiger charge is -2.18. The number of carbonyl (C=O) groups is 1. The van der Waals surface area contributed by atoms with E-state index in [1.165, 1.54) is 19.3 Å². The SMILES string of the molecule is O=CO[C@H]1C[C@@H]2CC[C@H]1C2. The van der Waals surface area contributed by atoms with Crippen molar-refractivity contribution in [2.24, 2.45) is 11.8 Å². The first-order valence-electron chi connectivity index (χ1n) is 3.99. The van der Waals surface area contributed by atoms with E-state index in [0.29, 0.717) is 12.4 Å². The second kappa shape index (κ2) is 2.26. The maximum Gasteiger partial charge on any atom is 0.293 e. The number of hydrogen-bond donors (Lipinski definition) is 0. The van der Waals surface area contributed by atoms with Gasteiger partial charge in [-0.3, -0.25) is 4.79 Å². The molecule has 3 atom stereocenters. The minimum absolute atomic E-state index is 0.274. The molecule has 0 aromatic rings. The molecule has 10 heavy (non-hydrogen) atoms. The molecule has 2 bridgehead atoms. The number of ether oxygens (including phenoxy) is 1. The quantitative estimate of drug-likeness (QED) is 0.541. The minimum atomic E-state index is 0.274. The van der Waals surface area contributed by atoms with Crippen LogP contribution in [0.15, 0.2) is 0 Å². The highest BCUT2D eigenvalue weighted by Crippen LogP contribution is 2.45. The van der Waals surface area contributed by atoms with Crippen molar-refractivity contribution < 1.29 is 9.53 Å². The molecule has 2 aliphatic rings. The van der Waals surface area contributed by atoms with Crippen LogP contribution in [0.3, 0.4) is 0 Å². The zero-order valence-corrected chi connectivity index (χ0v) is 5.95. The van der Waals surface area contributed by atoms with Gasteiger partial charge in [-0.15, -0.1) is 0 Å². The molecule has 0 radical (unpaired) electrons. The second-order valence-corrected chi connectivity index (χ2v) is 3.45. The van der Waals surface area contributed by atoms with Crippen LogP contribution in [0.2, 0.25) is 0 Å². The van der Waals surface area contributed by atoms with Gasteiger partial charge in [0.1, 0.15) is 6.10 Å². The van der Waals surface area contributed by atoms with Crippen molar-refractivity contribution in [1.29, 1.82) is 0 Å². The Morgan fingerprint density at radius 2 is 2.20 bits per heavy atom. The summed E-state index contributed by atoms with van der Waals surface area (Å²) in [7, 11) is 0. The lowest BCUT2D eigenvalue weighted by atomic mass is 9.98. The molecule has 0 aromatic carbocycles. The van der Waals surface area contributed by atoms with Gasteiger partial charge >= 0.3 is 0 Å². The Morgan fingerprint density at radius 1 is 1.30 bits per heavy atom. The van der Waals surface area contributed by atoms with E-state index in [2.05, 4.69) is 0 Å². The maximum atomic E-state index is 10.0. The first kappa shape index (κ1) is 6.20. The molecule has 56 valence electrons. The number of hydrogen-bond acceptors (Lipinski definition) is 2. The molecule has 2 saturated carbocycles. The summed E-state index contributed by atoms with van der Waals surface area (Å²) in [6, 6.07) is 0. The number of fused-ring (bicyclic) bond motifs is 2. The molecule has 0 saturated heterocycles. The average molecular weight is 140 g/mol. The highest BCUT2D eigenvalue weighted by molar-refractivity contribution is 5.37. The zero-order chi connectivity index (χ0) is 6.97. The van der Waals surface area contributed by atoms with Gasteiger partial charge in [0.05, 0.1) is 0 Å². The van der Waals surface area contributed by atoms with Gasteiger partial charge < -0.3 is 4.74 Å². The van der Waals surface area contributed by atoms with Gasteiger partial charge in [-0.2, -0.15) is 0 Å². The zero-order valence-electron chi connectivity index (χ0n) is 5.95. The van der Waals surface area contributed by atoms with E-state index < -0.39 is 0 Å². The van der Waals surface area contributed by atoms with Gasteiger partial charge in [0.25, 0.3) is 6.47 Å². The summed E-state index contributed by atoms with van der Waals surface area (Å²) in [5.41, 5.74) is 0. The predicted octanol–water partition coefficient (Wildman–Crippen LogP) is 1.35. The molecule has 2 aliphatic carbocycles. The fourth-order valence-electron chi connectivity index (χ4n) is 2.42. The molecular weight excluding hydrogens is 128 g/mol. The first-order chi connectivity index (χ1) is 4.90. The van der Waals surface area contributed by atoms with Crippen LogP contribution < -0.4 is 0 Å². The Bertz CT molecular complexity index is 144. The molecule has 0 N–H and O–H groups in total. The second-order valence-electron chi connectivity index (χ2n) is 3.45. The topological polar surface area (TPSA) is 26.3 Å². The summed E-state index contributed by atoms with van der Waals surface area (Å²) in [6.45, 7) is 0.603. The monoisotopic (exact) mass is 140 g/mol. The molecule has 2 heteroatoms. The molecule has 2 nitrogen and oxygen atoms in total. The molecule has 0 amide bonds. The van der Waals surface area contributed by atoms with Gasteiger partial charge in [0.15, 0.2) is 0 Å². The van der Waals surface area contributed by atoms with Crippen molar-refractivity contribution in [1.82, 2.24) is 0 Å². The van der Waals surface area contributed by atoms with E-state index in [1.54, 1.807) is 0 Å². The fourth-order valence-corrected chi connectivity index (χ4v) is 2.42. The minimum Gasteiger partial charge on any atom is -0.464 e. The van der Waals surface area contributed by atoms with Crippen molar-refractivity contribution in [2.75, 3.05) is 0 Å². The lowest BCUT2D eigenvalue weighted by molar-refractivity contribution is -0.135. The predicted molar refractivity (Wildman–Crippen MR) is 36.4 cm³/mol. The third-order valence-corrected chi connectivity index (χ3v) is 2.90. The van der Waals surface area contributed by atoms with Gasteiger partial charge in [-0.25, -0.2) is 0 Å². The van der Waals surface area contributed by atoms with Gasteiger partial charge in [0.2, 0.25) is 0 Å². The van der Waals surface area contributed by atoms with Crippen LogP contribution in [-0.2, 0) is 9.53 Å². The largest absolute Gasteiger partial charge is 0.464 e. The van der Waals surface area contributed by atoms with Crippen LogP contribution in [0, 0.1) is 11.8 Å². The van der Waals surface area contributed by atoms with Crippen LogP contribution in [0.4, 0.5) is 0 Å². The Kier molecular flexibility index (Phi) is 1.40. The fraction of sp³-hybridized carbons (Fsp3) is 0.875. The lowest BCUT2D eigenvalue weighted by Crippen LogP contribution is -2.19. The molecule has 0 unspecified atom stereocenters. The molecule has 0 spiro atoms. The normalized spacial score (nSPS) is 43.8. The highest BCUT2D eigenvalue weighted by atomic mass is 16.5. The molecule has 0 aromatic heterocycles. The Hall–Kier alpha value is -0.530. The van der Waals surface area contributed by atoms with E-state index >= 15 is 0 Å². The van der Waals surface area contributed by atoms with Crippen LogP contribution in [0.25, 0.3) is 0 Å². The summed E-state index contributed by atoms with van der Waals surface area (Å²) >= 11 is 0. The summed E-state index contributed by atoms with van der Waals surface area (Å²) in [5.74, 6) is 1.57. The van der Waals surface area contributed by atoms with Crippen molar-refractivity contribution in [3.63, 3.8) is 0 Å². The van der Waals surface area contributed by atoms with Crippen molar-refractivity contribution in [3.8, 4) is 0 Å². The molecular formula is C8H12O2. The molecule has 0 heterocycles. The molecule has 0 aliphatic heterocycles. The number of carbonyl (C=O) groups excluding carboxylic acids is 1. The maximum absolute atomic E-state index is 10.0. The Balaban J connectivity index is 1.95. The van der Waals surface area contributed by atoms with Crippen molar-refractivity contribution >= 4 is 6.47 Å². The Morgan fingerprint density at radius 3 is 2.70 bits per heavy atom. The van der Waals surface area contributed by atoms with Crippen LogP contribution in [0.1, 0.15) is 25.7 Å². The number of rotatable bonds is 2. The van der Waals surface area contributed by atoms with E-state index in [4.69, 9.17) is 4.74 Å². The Labute approximate surface area is 60.6 Å². The van der Waals surface area contributed by atoms with Crippen molar-refractivity contribution in [2.45, 2.75) is 31.8 Å². The smallest absolute Gasteiger partial charge is 0.293 e. The summed E-state index contributed by atoms with van der Waals surface area (Å²) in [5, 5.41) is 0. The van der Waals surface area contributed by atoms with E-state index in [9.17, 15) is 4.79 Å². The standard InChI is InChI=1S/C8H12O2/c9-5-10-8-4-6-1-2-7(8)3-6/h5-8H,1-4H2/t6-,7+,8+/m1/s1. The summed E-state index contributed by atoms with van der Waals surface area (Å²) < 4.78 is 4.96. The molecule has 2 fully saturated rings.